The fourth-order valence-electron chi connectivity index (χ4n) is 1.49. The first-order chi connectivity index (χ1) is 8.33. The second-order valence-electron chi connectivity index (χ2n) is 3.44. The SMILES string of the molecule is Nc1nc2ccccc2nc1Sc1cccs1. The van der Waals surface area contributed by atoms with Crippen LogP contribution in [0.25, 0.3) is 11.0 Å². The molecule has 3 nitrogen and oxygen atoms in total. The van der Waals surface area contributed by atoms with E-state index in [-0.39, 0.29) is 0 Å². The molecule has 17 heavy (non-hydrogen) atoms. The molecule has 5 heteroatoms. The van der Waals surface area contributed by atoms with Crippen molar-refractivity contribution in [1.29, 1.82) is 0 Å². The molecular weight excluding hydrogens is 250 g/mol. The Morgan fingerprint density at radius 2 is 1.76 bits per heavy atom. The highest BCUT2D eigenvalue weighted by Crippen LogP contribution is 2.33. The number of fused-ring (bicyclic) bond motifs is 1. The lowest BCUT2D eigenvalue weighted by Gasteiger charge is -2.04. The molecule has 0 saturated heterocycles. The molecule has 0 spiro atoms. The number of rotatable bonds is 2. The van der Waals surface area contributed by atoms with Crippen LogP contribution in [0, 0.1) is 0 Å². The quantitative estimate of drug-likeness (QED) is 0.766. The number of anilines is 1. The summed E-state index contributed by atoms with van der Waals surface area (Å²) >= 11 is 3.23. The summed E-state index contributed by atoms with van der Waals surface area (Å²) in [4.78, 5) is 8.89. The van der Waals surface area contributed by atoms with E-state index in [2.05, 4.69) is 9.97 Å². The van der Waals surface area contributed by atoms with E-state index in [4.69, 9.17) is 5.73 Å². The van der Waals surface area contributed by atoms with Gasteiger partial charge in [-0.15, -0.1) is 11.3 Å². The van der Waals surface area contributed by atoms with E-state index >= 15 is 0 Å². The van der Waals surface area contributed by atoms with Crippen molar-refractivity contribution in [3.63, 3.8) is 0 Å². The maximum Gasteiger partial charge on any atom is 0.157 e. The smallest absolute Gasteiger partial charge is 0.157 e. The Kier molecular flexibility index (Phi) is 2.70. The molecule has 2 N–H and O–H groups in total. The Hall–Kier alpha value is -1.59. The second-order valence-corrected chi connectivity index (χ2v) is 5.67. The summed E-state index contributed by atoms with van der Waals surface area (Å²) in [7, 11) is 0. The molecule has 0 radical (unpaired) electrons. The number of benzene rings is 1. The highest BCUT2D eigenvalue weighted by Gasteiger charge is 2.07. The monoisotopic (exact) mass is 259 g/mol. The molecule has 0 bridgehead atoms. The maximum absolute atomic E-state index is 5.91. The average molecular weight is 259 g/mol. The predicted molar refractivity (Wildman–Crippen MR) is 72.4 cm³/mol. The Morgan fingerprint density at radius 3 is 2.47 bits per heavy atom. The van der Waals surface area contributed by atoms with Crippen molar-refractivity contribution in [2.45, 2.75) is 9.24 Å². The number of nitrogens with two attached hydrogens (primary N) is 1. The minimum absolute atomic E-state index is 0.488. The summed E-state index contributed by atoms with van der Waals surface area (Å²) in [5.41, 5.74) is 7.62. The average Bonchev–Trinajstić information content (AvgIpc) is 2.83. The van der Waals surface area contributed by atoms with Crippen LogP contribution in [0.5, 0.6) is 0 Å². The number of hydrogen-bond donors (Lipinski definition) is 1. The number of nitrogens with zero attached hydrogens (tertiary/aromatic N) is 2. The minimum Gasteiger partial charge on any atom is -0.381 e. The highest BCUT2D eigenvalue weighted by atomic mass is 32.2. The lowest BCUT2D eigenvalue weighted by atomic mass is 10.3. The number of para-hydroxylation sites is 2. The molecule has 0 unspecified atom stereocenters. The summed E-state index contributed by atoms with van der Waals surface area (Å²) in [6.07, 6.45) is 0. The van der Waals surface area contributed by atoms with E-state index in [0.29, 0.717) is 5.82 Å². The van der Waals surface area contributed by atoms with Crippen LogP contribution in [-0.4, -0.2) is 9.97 Å². The van der Waals surface area contributed by atoms with Gasteiger partial charge in [0.15, 0.2) is 5.82 Å². The van der Waals surface area contributed by atoms with E-state index in [9.17, 15) is 0 Å². The third-order valence-corrected chi connectivity index (χ3v) is 4.29. The van der Waals surface area contributed by atoms with Gasteiger partial charge in [0.2, 0.25) is 0 Å². The first-order valence-corrected chi connectivity index (χ1v) is 6.76. The van der Waals surface area contributed by atoms with E-state index in [1.54, 1.807) is 23.1 Å². The van der Waals surface area contributed by atoms with Crippen LogP contribution in [0.4, 0.5) is 5.82 Å². The van der Waals surface area contributed by atoms with Crippen molar-refractivity contribution in [3.05, 3.63) is 41.8 Å². The molecular formula is C12H9N3S2. The Bertz CT molecular complexity index is 650. The summed E-state index contributed by atoms with van der Waals surface area (Å²) < 4.78 is 1.17. The molecule has 3 aromatic rings. The van der Waals surface area contributed by atoms with Gasteiger partial charge in [-0.25, -0.2) is 9.97 Å². The van der Waals surface area contributed by atoms with Gasteiger partial charge < -0.3 is 5.73 Å². The van der Waals surface area contributed by atoms with Crippen molar-refractivity contribution < 1.29 is 0 Å². The van der Waals surface area contributed by atoms with Crippen LogP contribution in [-0.2, 0) is 0 Å². The molecule has 0 amide bonds. The summed E-state index contributed by atoms with van der Waals surface area (Å²) in [5.74, 6) is 0.488. The zero-order valence-corrected chi connectivity index (χ0v) is 10.5. The Balaban J connectivity index is 2.07. The van der Waals surface area contributed by atoms with Gasteiger partial charge in [-0.2, -0.15) is 0 Å². The topological polar surface area (TPSA) is 51.8 Å². The van der Waals surface area contributed by atoms with Gasteiger partial charge in [-0.3, -0.25) is 0 Å². The molecule has 3 rings (SSSR count). The molecule has 0 aliphatic carbocycles. The molecule has 84 valence electrons. The lowest BCUT2D eigenvalue weighted by Crippen LogP contribution is -1.96. The van der Waals surface area contributed by atoms with E-state index in [1.165, 1.54) is 4.21 Å². The third kappa shape index (κ3) is 2.11. The van der Waals surface area contributed by atoms with Crippen LogP contribution in [0.2, 0.25) is 0 Å². The number of thiophene rings is 1. The second kappa shape index (κ2) is 4.35. The van der Waals surface area contributed by atoms with Gasteiger partial charge >= 0.3 is 0 Å². The first-order valence-electron chi connectivity index (χ1n) is 5.06. The fourth-order valence-corrected chi connectivity index (χ4v) is 3.17. The van der Waals surface area contributed by atoms with Gasteiger partial charge in [0, 0.05) is 0 Å². The van der Waals surface area contributed by atoms with Crippen molar-refractivity contribution in [1.82, 2.24) is 9.97 Å². The van der Waals surface area contributed by atoms with E-state index in [1.807, 2.05) is 41.8 Å². The minimum atomic E-state index is 0.488. The molecule has 0 saturated carbocycles. The van der Waals surface area contributed by atoms with Crippen molar-refractivity contribution in [2.75, 3.05) is 5.73 Å². The number of nitrogen functional groups attached to an aromatic ring is 1. The Morgan fingerprint density at radius 1 is 1.00 bits per heavy atom. The van der Waals surface area contributed by atoms with Crippen LogP contribution in [0.1, 0.15) is 0 Å². The van der Waals surface area contributed by atoms with Crippen molar-refractivity contribution in [2.24, 2.45) is 0 Å². The van der Waals surface area contributed by atoms with Crippen LogP contribution >= 0.6 is 23.1 Å². The molecule has 0 atom stereocenters. The van der Waals surface area contributed by atoms with Crippen molar-refractivity contribution >= 4 is 39.9 Å². The van der Waals surface area contributed by atoms with Gasteiger partial charge in [0.25, 0.3) is 0 Å². The zero-order valence-electron chi connectivity index (χ0n) is 8.83. The van der Waals surface area contributed by atoms with Crippen LogP contribution in [0.3, 0.4) is 0 Å². The van der Waals surface area contributed by atoms with Gasteiger partial charge in [-0.1, -0.05) is 30.0 Å². The first kappa shape index (κ1) is 10.6. The third-order valence-electron chi connectivity index (χ3n) is 2.26. The molecule has 0 fully saturated rings. The summed E-state index contributed by atoms with van der Waals surface area (Å²) in [6, 6.07) is 11.8. The van der Waals surface area contributed by atoms with E-state index < -0.39 is 0 Å². The fraction of sp³-hybridized carbons (Fsp3) is 0. The van der Waals surface area contributed by atoms with Crippen LogP contribution < -0.4 is 5.73 Å². The number of hydrogen-bond acceptors (Lipinski definition) is 5. The van der Waals surface area contributed by atoms with Gasteiger partial charge in [-0.05, 0) is 23.6 Å². The van der Waals surface area contributed by atoms with E-state index in [0.717, 1.165) is 16.1 Å². The lowest BCUT2D eigenvalue weighted by molar-refractivity contribution is 1.14. The normalized spacial score (nSPS) is 10.8. The van der Waals surface area contributed by atoms with Crippen LogP contribution in [0.15, 0.2) is 51.0 Å². The van der Waals surface area contributed by atoms with Gasteiger partial charge in [0.1, 0.15) is 5.03 Å². The Labute approximate surface area is 107 Å². The number of aromatic nitrogens is 2. The predicted octanol–water partition coefficient (Wildman–Crippen LogP) is 3.42. The maximum atomic E-state index is 5.91. The molecule has 2 heterocycles. The highest BCUT2D eigenvalue weighted by molar-refractivity contribution is 8.01. The molecule has 0 aliphatic heterocycles. The largest absolute Gasteiger partial charge is 0.381 e. The standard InChI is InChI=1S/C12H9N3S2/c13-11-12(17-10-6-3-7-16-10)15-9-5-2-1-4-8(9)14-11/h1-7H,(H2,13,14). The molecule has 2 aromatic heterocycles. The van der Waals surface area contributed by atoms with Crippen molar-refractivity contribution in [3.8, 4) is 0 Å². The molecule has 1 aromatic carbocycles. The summed E-state index contributed by atoms with van der Waals surface area (Å²) in [5, 5.41) is 2.80. The molecule has 0 aliphatic rings. The zero-order chi connectivity index (χ0) is 11.7. The summed E-state index contributed by atoms with van der Waals surface area (Å²) in [6.45, 7) is 0. The van der Waals surface area contributed by atoms with Gasteiger partial charge in [0.05, 0.1) is 15.2 Å².